The molecule has 0 fully saturated rings. The standard InChI is InChI=1S/C23H26ClN3O2/c1-4-12-27(13-5-2)23(29)16-6-11-20-19(14-16)21(22(28)26-20)15(3)25-18-9-7-17(24)8-10-18/h6-11,14,26,28H,4-5,12-13H2,1-3H3. The molecule has 0 atom stereocenters. The lowest BCUT2D eigenvalue weighted by Crippen LogP contribution is -2.32. The fourth-order valence-corrected chi connectivity index (χ4v) is 3.61. The molecule has 5 nitrogen and oxygen atoms in total. The van der Waals surface area contributed by atoms with Crippen molar-refractivity contribution < 1.29 is 9.90 Å². The van der Waals surface area contributed by atoms with Crippen molar-refractivity contribution in [1.82, 2.24) is 9.88 Å². The summed E-state index contributed by atoms with van der Waals surface area (Å²) in [5, 5.41) is 11.9. The Balaban J connectivity index is 2.02. The number of aliphatic imine (C=N–C) groups is 1. The summed E-state index contributed by atoms with van der Waals surface area (Å²) >= 11 is 5.94. The van der Waals surface area contributed by atoms with E-state index >= 15 is 0 Å². The normalized spacial score (nSPS) is 11.8. The molecule has 2 N–H and O–H groups in total. The fourth-order valence-electron chi connectivity index (χ4n) is 3.48. The van der Waals surface area contributed by atoms with E-state index in [1.165, 1.54) is 0 Å². The van der Waals surface area contributed by atoms with Gasteiger partial charge in [0.1, 0.15) is 0 Å². The van der Waals surface area contributed by atoms with Crippen LogP contribution in [0.25, 0.3) is 10.9 Å². The number of fused-ring (bicyclic) bond motifs is 1. The summed E-state index contributed by atoms with van der Waals surface area (Å²) in [7, 11) is 0. The second-order valence-electron chi connectivity index (χ2n) is 7.07. The van der Waals surface area contributed by atoms with E-state index < -0.39 is 0 Å². The van der Waals surface area contributed by atoms with Crippen molar-refractivity contribution in [2.75, 3.05) is 13.1 Å². The second-order valence-corrected chi connectivity index (χ2v) is 7.51. The summed E-state index contributed by atoms with van der Waals surface area (Å²) in [6.45, 7) is 7.43. The van der Waals surface area contributed by atoms with Crippen LogP contribution in [0.4, 0.5) is 5.69 Å². The Kier molecular flexibility index (Phi) is 6.60. The number of hydrogen-bond acceptors (Lipinski definition) is 3. The maximum atomic E-state index is 13.0. The van der Waals surface area contributed by atoms with Gasteiger partial charge in [-0.1, -0.05) is 25.4 Å². The fraction of sp³-hybridized carbons (Fsp3) is 0.304. The average molecular weight is 412 g/mol. The van der Waals surface area contributed by atoms with Crippen LogP contribution in [0, 0.1) is 0 Å². The predicted molar refractivity (Wildman–Crippen MR) is 120 cm³/mol. The molecule has 6 heteroatoms. The Morgan fingerprint density at radius 2 is 1.76 bits per heavy atom. The second kappa shape index (κ2) is 9.14. The van der Waals surface area contributed by atoms with E-state index in [0.29, 0.717) is 21.9 Å². The van der Waals surface area contributed by atoms with Crippen molar-refractivity contribution in [2.24, 2.45) is 4.99 Å². The van der Waals surface area contributed by atoms with Gasteiger partial charge in [-0.3, -0.25) is 9.79 Å². The van der Waals surface area contributed by atoms with Crippen LogP contribution < -0.4 is 0 Å². The summed E-state index contributed by atoms with van der Waals surface area (Å²) in [5.74, 6) is 0.0494. The number of carbonyl (C=O) groups excluding carboxylic acids is 1. The van der Waals surface area contributed by atoms with E-state index in [1.54, 1.807) is 18.2 Å². The third-order valence-corrected chi connectivity index (χ3v) is 5.04. The van der Waals surface area contributed by atoms with Crippen LogP contribution in [0.1, 0.15) is 49.5 Å². The predicted octanol–water partition coefficient (Wildman–Crippen LogP) is 5.93. The Labute approximate surface area is 176 Å². The lowest BCUT2D eigenvalue weighted by atomic mass is 10.1. The van der Waals surface area contributed by atoms with E-state index in [1.807, 2.05) is 36.1 Å². The van der Waals surface area contributed by atoms with Gasteiger partial charge in [-0.25, -0.2) is 0 Å². The van der Waals surface area contributed by atoms with Crippen LogP contribution in [-0.2, 0) is 0 Å². The van der Waals surface area contributed by atoms with Crippen LogP contribution in [0.2, 0.25) is 5.02 Å². The molecule has 0 bridgehead atoms. The van der Waals surface area contributed by atoms with Gasteiger partial charge in [0, 0.05) is 34.6 Å². The first-order valence-corrected chi connectivity index (χ1v) is 10.3. The highest BCUT2D eigenvalue weighted by molar-refractivity contribution is 6.30. The zero-order chi connectivity index (χ0) is 21.0. The van der Waals surface area contributed by atoms with E-state index in [9.17, 15) is 9.90 Å². The highest BCUT2D eigenvalue weighted by Gasteiger charge is 2.19. The van der Waals surface area contributed by atoms with Crippen LogP contribution in [0.15, 0.2) is 47.5 Å². The largest absolute Gasteiger partial charge is 0.494 e. The molecule has 29 heavy (non-hydrogen) atoms. The summed E-state index contributed by atoms with van der Waals surface area (Å²) in [6, 6.07) is 12.7. The molecule has 1 heterocycles. The first-order chi connectivity index (χ1) is 13.9. The monoisotopic (exact) mass is 411 g/mol. The van der Waals surface area contributed by atoms with Crippen molar-refractivity contribution in [3.63, 3.8) is 0 Å². The molecule has 0 aliphatic rings. The van der Waals surface area contributed by atoms with Crippen molar-refractivity contribution >= 4 is 39.8 Å². The number of nitrogens with one attached hydrogen (secondary N) is 1. The van der Waals surface area contributed by atoms with Gasteiger partial charge in [0.05, 0.1) is 17.0 Å². The van der Waals surface area contributed by atoms with Crippen LogP contribution in [0.5, 0.6) is 5.88 Å². The Hall–Kier alpha value is -2.79. The van der Waals surface area contributed by atoms with E-state index in [2.05, 4.69) is 23.8 Å². The van der Waals surface area contributed by atoms with Gasteiger partial charge < -0.3 is 15.0 Å². The maximum Gasteiger partial charge on any atom is 0.253 e. The first kappa shape index (κ1) is 20.9. The molecule has 0 spiro atoms. The van der Waals surface area contributed by atoms with Gasteiger partial charge >= 0.3 is 0 Å². The SMILES string of the molecule is CCCN(CCC)C(=O)c1ccc2[nH]c(O)c(C(C)=Nc3ccc(Cl)cc3)c2c1. The third kappa shape index (κ3) is 4.62. The number of aromatic amines is 1. The molecule has 0 saturated heterocycles. The van der Waals surface area contributed by atoms with Crippen LogP contribution in [0.3, 0.4) is 0 Å². The van der Waals surface area contributed by atoms with Crippen molar-refractivity contribution in [3.8, 4) is 5.88 Å². The maximum absolute atomic E-state index is 13.0. The number of nitrogens with zero attached hydrogens (tertiary/aromatic N) is 2. The van der Waals surface area contributed by atoms with Crippen molar-refractivity contribution in [3.05, 3.63) is 58.6 Å². The van der Waals surface area contributed by atoms with Gasteiger partial charge in [0.15, 0.2) is 5.88 Å². The van der Waals surface area contributed by atoms with Crippen molar-refractivity contribution in [2.45, 2.75) is 33.6 Å². The Morgan fingerprint density at radius 3 is 2.38 bits per heavy atom. The minimum absolute atomic E-state index is 0.00883. The molecule has 0 unspecified atom stereocenters. The lowest BCUT2D eigenvalue weighted by molar-refractivity contribution is 0.0755. The molecule has 0 aliphatic carbocycles. The quantitative estimate of drug-likeness (QED) is 0.473. The lowest BCUT2D eigenvalue weighted by Gasteiger charge is -2.21. The minimum atomic E-state index is 0.00883. The van der Waals surface area contributed by atoms with E-state index in [0.717, 1.165) is 42.5 Å². The van der Waals surface area contributed by atoms with Gasteiger partial charge in [-0.2, -0.15) is 0 Å². The van der Waals surface area contributed by atoms with E-state index in [4.69, 9.17) is 11.6 Å². The highest BCUT2D eigenvalue weighted by atomic mass is 35.5. The number of amides is 1. The number of aromatic hydroxyl groups is 1. The highest BCUT2D eigenvalue weighted by Crippen LogP contribution is 2.30. The number of halogens is 1. The molecular formula is C23H26ClN3O2. The zero-order valence-corrected chi connectivity index (χ0v) is 17.8. The number of hydrogen-bond donors (Lipinski definition) is 2. The molecule has 152 valence electrons. The third-order valence-electron chi connectivity index (χ3n) is 4.79. The van der Waals surface area contributed by atoms with Crippen molar-refractivity contribution in [1.29, 1.82) is 0 Å². The average Bonchev–Trinajstić information content (AvgIpc) is 3.04. The number of aromatic nitrogens is 1. The van der Waals surface area contributed by atoms with Gasteiger partial charge in [0.25, 0.3) is 5.91 Å². The van der Waals surface area contributed by atoms with Gasteiger partial charge in [-0.15, -0.1) is 0 Å². The summed E-state index contributed by atoms with van der Waals surface area (Å²) in [6.07, 6.45) is 1.83. The molecule has 3 aromatic rings. The van der Waals surface area contributed by atoms with Crippen LogP contribution in [-0.4, -0.2) is 39.7 Å². The zero-order valence-electron chi connectivity index (χ0n) is 17.0. The van der Waals surface area contributed by atoms with Gasteiger partial charge in [-0.05, 0) is 62.2 Å². The summed E-state index contributed by atoms with van der Waals surface area (Å²) < 4.78 is 0. The Bertz CT molecular complexity index is 1030. The molecule has 0 radical (unpaired) electrons. The Morgan fingerprint density at radius 1 is 1.10 bits per heavy atom. The van der Waals surface area contributed by atoms with Crippen LogP contribution >= 0.6 is 11.6 Å². The molecule has 1 amide bonds. The smallest absolute Gasteiger partial charge is 0.253 e. The minimum Gasteiger partial charge on any atom is -0.494 e. The number of rotatable bonds is 7. The molecule has 3 rings (SSSR count). The molecular weight excluding hydrogens is 386 g/mol. The number of H-pyrrole nitrogens is 1. The molecule has 0 saturated carbocycles. The van der Waals surface area contributed by atoms with Gasteiger partial charge in [0.2, 0.25) is 0 Å². The number of carbonyl (C=O) groups is 1. The summed E-state index contributed by atoms with van der Waals surface area (Å²) in [5.41, 5.74) is 3.36. The topological polar surface area (TPSA) is 68.7 Å². The molecule has 1 aromatic heterocycles. The van der Waals surface area contributed by atoms with E-state index in [-0.39, 0.29) is 11.8 Å². The first-order valence-electron chi connectivity index (χ1n) is 9.89. The summed E-state index contributed by atoms with van der Waals surface area (Å²) in [4.78, 5) is 22.4. The number of benzene rings is 2. The molecule has 2 aromatic carbocycles. The molecule has 0 aliphatic heterocycles.